The Hall–Kier alpha value is -0.940. The van der Waals surface area contributed by atoms with Gasteiger partial charge >= 0.3 is 0 Å². The summed E-state index contributed by atoms with van der Waals surface area (Å²) in [7, 11) is 3.98. The number of hydrogen-bond donors (Lipinski definition) is 2. The van der Waals surface area contributed by atoms with E-state index in [1.807, 2.05) is 0 Å². The van der Waals surface area contributed by atoms with E-state index in [-0.39, 0.29) is 24.0 Å². The molecule has 0 unspecified atom stereocenters. The monoisotopic (exact) mass is 547 g/mol. The maximum absolute atomic E-state index is 5.58. The van der Waals surface area contributed by atoms with Crippen molar-refractivity contribution < 1.29 is 9.47 Å². The fraction of sp³-hybridized carbons (Fsp3) is 0.696. The summed E-state index contributed by atoms with van der Waals surface area (Å²) in [5.41, 5.74) is 2.63. The molecule has 0 saturated carbocycles. The number of nitrogens with one attached hydrogen (secondary N) is 2. The van der Waals surface area contributed by atoms with Gasteiger partial charge in [-0.1, -0.05) is 37.6 Å². The number of ether oxygens (including phenoxy) is 2. The van der Waals surface area contributed by atoms with Gasteiger partial charge in [-0.25, -0.2) is 0 Å². The molecule has 0 radical (unpaired) electrons. The number of halogens is 1. The number of benzene rings is 1. The number of unbranched alkanes of at least 4 members (excludes halogenated alkanes) is 1. The van der Waals surface area contributed by atoms with Crippen LogP contribution in [0.5, 0.6) is 0 Å². The van der Waals surface area contributed by atoms with Crippen LogP contribution in [0.2, 0.25) is 0 Å². The first-order valence-corrected chi connectivity index (χ1v) is 11.3. The van der Waals surface area contributed by atoms with Gasteiger partial charge in [-0.15, -0.1) is 24.0 Å². The number of aliphatic imine (C=N–C) groups is 1. The third kappa shape index (κ3) is 12.6. The van der Waals surface area contributed by atoms with Crippen LogP contribution in [0.15, 0.2) is 29.3 Å². The van der Waals surface area contributed by atoms with Gasteiger partial charge in [0, 0.05) is 59.5 Å². The van der Waals surface area contributed by atoms with Gasteiger partial charge in [-0.3, -0.25) is 9.89 Å². The van der Waals surface area contributed by atoms with Crippen LogP contribution in [0.25, 0.3) is 0 Å². The van der Waals surface area contributed by atoms with Gasteiger partial charge < -0.3 is 25.0 Å². The molecule has 1 heterocycles. The maximum atomic E-state index is 5.58. The summed E-state index contributed by atoms with van der Waals surface area (Å²) in [5, 5.41) is 6.64. The van der Waals surface area contributed by atoms with Crippen molar-refractivity contribution in [1.29, 1.82) is 0 Å². The van der Waals surface area contributed by atoms with Gasteiger partial charge in [0.25, 0.3) is 0 Å². The summed E-state index contributed by atoms with van der Waals surface area (Å²) in [6.45, 7) is 12.1. The van der Waals surface area contributed by atoms with Crippen molar-refractivity contribution in [2.75, 3.05) is 73.2 Å². The Bertz CT molecular complexity index is 592. The summed E-state index contributed by atoms with van der Waals surface area (Å²) < 4.78 is 11.1. The molecule has 1 saturated heterocycles. The molecule has 1 aliphatic rings. The zero-order valence-electron chi connectivity index (χ0n) is 19.6. The van der Waals surface area contributed by atoms with E-state index >= 15 is 0 Å². The highest BCUT2D eigenvalue weighted by molar-refractivity contribution is 14.0. The van der Waals surface area contributed by atoms with Crippen LogP contribution in [-0.2, 0) is 22.6 Å². The van der Waals surface area contributed by atoms with Gasteiger partial charge in [-0.05, 0) is 24.6 Å². The first-order chi connectivity index (χ1) is 14.7. The molecule has 1 aromatic carbocycles. The lowest BCUT2D eigenvalue weighted by Gasteiger charge is -2.32. The highest BCUT2D eigenvalue weighted by atomic mass is 127. The molecule has 1 aliphatic heterocycles. The quantitative estimate of drug-likeness (QED) is 0.171. The smallest absolute Gasteiger partial charge is 0.191 e. The fourth-order valence-corrected chi connectivity index (χ4v) is 3.24. The lowest BCUT2D eigenvalue weighted by atomic mass is 10.1. The predicted molar refractivity (Wildman–Crippen MR) is 139 cm³/mol. The molecule has 2 N–H and O–H groups in total. The molecular formula is C23H42IN5O2. The third-order valence-electron chi connectivity index (χ3n) is 5.26. The average molecular weight is 548 g/mol. The number of rotatable bonds is 13. The number of likely N-dealkylation sites (N-methyl/N-ethyl adjacent to an activating group) is 1. The fourth-order valence-electron chi connectivity index (χ4n) is 3.24. The van der Waals surface area contributed by atoms with Crippen molar-refractivity contribution in [1.82, 2.24) is 20.4 Å². The molecule has 178 valence electrons. The molecule has 0 aromatic heterocycles. The summed E-state index contributed by atoms with van der Waals surface area (Å²) >= 11 is 0. The minimum absolute atomic E-state index is 0. The van der Waals surface area contributed by atoms with Crippen LogP contribution in [0.1, 0.15) is 30.9 Å². The normalized spacial score (nSPS) is 15.5. The minimum atomic E-state index is 0. The van der Waals surface area contributed by atoms with Crippen molar-refractivity contribution in [2.24, 2.45) is 4.99 Å². The Kier molecular flexibility index (Phi) is 15.9. The van der Waals surface area contributed by atoms with Crippen molar-refractivity contribution >= 4 is 29.9 Å². The highest BCUT2D eigenvalue weighted by Crippen LogP contribution is 2.09. The molecular weight excluding hydrogens is 505 g/mol. The summed E-state index contributed by atoms with van der Waals surface area (Å²) in [4.78, 5) is 9.19. The maximum Gasteiger partial charge on any atom is 0.191 e. The van der Waals surface area contributed by atoms with Gasteiger partial charge in [0.1, 0.15) is 0 Å². The number of guanidine groups is 1. The second kappa shape index (κ2) is 17.6. The molecule has 1 aromatic rings. The van der Waals surface area contributed by atoms with Gasteiger partial charge in [-0.2, -0.15) is 0 Å². The van der Waals surface area contributed by atoms with Crippen LogP contribution in [0.3, 0.4) is 0 Å². The van der Waals surface area contributed by atoms with Crippen LogP contribution < -0.4 is 10.6 Å². The highest BCUT2D eigenvalue weighted by Gasteiger charge is 2.13. The topological polar surface area (TPSA) is 61.4 Å². The van der Waals surface area contributed by atoms with Crippen LogP contribution in [-0.4, -0.2) is 89.0 Å². The molecule has 0 spiro atoms. The Morgan fingerprint density at radius 2 is 1.58 bits per heavy atom. The molecule has 0 atom stereocenters. The van der Waals surface area contributed by atoms with Crippen molar-refractivity contribution in [2.45, 2.75) is 32.9 Å². The molecule has 7 nitrogen and oxygen atoms in total. The Morgan fingerprint density at radius 1 is 0.935 bits per heavy atom. The molecule has 1 fully saturated rings. The largest absolute Gasteiger partial charge is 0.379 e. The summed E-state index contributed by atoms with van der Waals surface area (Å²) in [5.74, 6) is 0.791. The lowest BCUT2D eigenvalue weighted by molar-refractivity contribution is 0.0487. The van der Waals surface area contributed by atoms with Crippen LogP contribution >= 0.6 is 24.0 Å². The minimum Gasteiger partial charge on any atom is -0.379 e. The zero-order valence-corrected chi connectivity index (χ0v) is 21.9. The molecule has 0 amide bonds. The second-order valence-corrected chi connectivity index (χ2v) is 7.83. The van der Waals surface area contributed by atoms with Gasteiger partial charge in [0.15, 0.2) is 5.96 Å². The average Bonchev–Trinajstić information content (AvgIpc) is 2.77. The van der Waals surface area contributed by atoms with E-state index in [1.54, 1.807) is 7.05 Å². The summed E-state index contributed by atoms with van der Waals surface area (Å²) in [6.07, 6.45) is 2.28. The zero-order chi connectivity index (χ0) is 21.4. The van der Waals surface area contributed by atoms with Crippen molar-refractivity contribution in [3.8, 4) is 0 Å². The number of nitrogens with zero attached hydrogens (tertiary/aromatic N) is 3. The van der Waals surface area contributed by atoms with Gasteiger partial charge in [0.05, 0.1) is 19.8 Å². The van der Waals surface area contributed by atoms with Crippen molar-refractivity contribution in [3.05, 3.63) is 35.4 Å². The van der Waals surface area contributed by atoms with Crippen LogP contribution in [0.4, 0.5) is 0 Å². The second-order valence-electron chi connectivity index (χ2n) is 7.83. The van der Waals surface area contributed by atoms with Crippen molar-refractivity contribution in [3.63, 3.8) is 0 Å². The van der Waals surface area contributed by atoms with E-state index in [4.69, 9.17) is 9.47 Å². The summed E-state index contributed by atoms with van der Waals surface area (Å²) in [6, 6.07) is 8.88. The molecule has 0 bridgehead atoms. The Morgan fingerprint density at radius 3 is 2.23 bits per heavy atom. The first kappa shape index (κ1) is 28.1. The molecule has 8 heteroatoms. The van der Waals surface area contributed by atoms with Crippen LogP contribution in [0, 0.1) is 0 Å². The predicted octanol–water partition coefficient (Wildman–Crippen LogP) is 2.55. The Balaban J connectivity index is 0.00000480. The third-order valence-corrected chi connectivity index (χ3v) is 5.26. The molecule has 0 aliphatic carbocycles. The van der Waals surface area contributed by atoms with Gasteiger partial charge in [0.2, 0.25) is 0 Å². The number of hydrogen-bond acceptors (Lipinski definition) is 5. The Labute approximate surface area is 206 Å². The van der Waals surface area contributed by atoms with E-state index in [0.29, 0.717) is 19.8 Å². The van der Waals surface area contributed by atoms with E-state index in [9.17, 15) is 0 Å². The van der Waals surface area contributed by atoms with E-state index < -0.39 is 0 Å². The van der Waals surface area contributed by atoms with E-state index in [0.717, 1.165) is 71.2 Å². The first-order valence-electron chi connectivity index (χ1n) is 11.3. The standard InChI is InChI=1S/C23H41N5O2.HI/c1-4-5-15-29-17-18-30-16-10-25-23(24-2)26-19-21-6-8-22(9-7-21)20-28-13-11-27(3)12-14-28;/h6-9H,4-5,10-20H2,1-3H3,(H2,24,25,26);1H. The number of piperazine rings is 1. The SMILES string of the molecule is CCCCOCCOCCNC(=NC)NCc1ccc(CN2CCN(C)CC2)cc1.I. The molecule has 2 rings (SSSR count). The molecule has 31 heavy (non-hydrogen) atoms. The lowest BCUT2D eigenvalue weighted by Crippen LogP contribution is -2.43. The van der Waals surface area contributed by atoms with E-state index in [2.05, 4.69) is 63.7 Å². The van der Waals surface area contributed by atoms with E-state index in [1.165, 1.54) is 11.1 Å².